The van der Waals surface area contributed by atoms with Gasteiger partial charge in [-0.15, -0.1) is 0 Å². The zero-order valence-electron chi connectivity index (χ0n) is 8.72. The number of hydrogen-bond acceptors (Lipinski definition) is 2. The molecule has 0 saturated carbocycles. The van der Waals surface area contributed by atoms with Gasteiger partial charge in [-0.25, -0.2) is 0 Å². The Labute approximate surface area is 111 Å². The van der Waals surface area contributed by atoms with Crippen molar-refractivity contribution in [3.05, 3.63) is 27.1 Å². The lowest BCUT2D eigenvalue weighted by molar-refractivity contribution is -0.121. The van der Waals surface area contributed by atoms with Crippen LogP contribution < -0.4 is 5.32 Å². The molecule has 0 heterocycles. The number of carbonyl (C=O) groups excluding carboxylic acids is 2. The van der Waals surface area contributed by atoms with E-state index in [1.807, 2.05) is 6.07 Å². The Hall–Kier alpha value is -0.680. The summed E-state index contributed by atoms with van der Waals surface area (Å²) in [5, 5.41) is 2.73. The summed E-state index contributed by atoms with van der Waals surface area (Å²) in [6.45, 7) is 1.48. The first kappa shape index (κ1) is 13.4. The second-order valence-electron chi connectivity index (χ2n) is 3.41. The fourth-order valence-electron chi connectivity index (χ4n) is 1.14. The standard InChI is InChI=1S/C11H11Br2NO2/c1-7(15)2-3-11(16)14-10-5-8(12)4-9(13)6-10/h4-6H,2-3H2,1H3,(H,14,16). The summed E-state index contributed by atoms with van der Waals surface area (Å²) in [5.74, 6) is -0.134. The van der Waals surface area contributed by atoms with Gasteiger partial charge < -0.3 is 10.1 Å². The van der Waals surface area contributed by atoms with Crippen LogP contribution >= 0.6 is 31.9 Å². The fourth-order valence-corrected chi connectivity index (χ4v) is 2.43. The van der Waals surface area contributed by atoms with Crippen LogP contribution in [0.5, 0.6) is 0 Å². The van der Waals surface area contributed by atoms with E-state index in [1.165, 1.54) is 6.92 Å². The van der Waals surface area contributed by atoms with Gasteiger partial charge in [0.05, 0.1) is 0 Å². The third kappa shape index (κ3) is 4.90. The third-order valence-corrected chi connectivity index (χ3v) is 2.77. The maximum absolute atomic E-state index is 11.4. The first-order valence-corrected chi connectivity index (χ1v) is 6.31. The molecular weight excluding hydrogens is 338 g/mol. The van der Waals surface area contributed by atoms with Crippen molar-refractivity contribution in [3.63, 3.8) is 0 Å². The Balaban J connectivity index is 2.59. The smallest absolute Gasteiger partial charge is 0.224 e. The van der Waals surface area contributed by atoms with Gasteiger partial charge in [-0.05, 0) is 25.1 Å². The molecule has 1 aromatic carbocycles. The van der Waals surface area contributed by atoms with Crippen molar-refractivity contribution < 1.29 is 9.59 Å². The van der Waals surface area contributed by atoms with E-state index in [-0.39, 0.29) is 24.5 Å². The molecule has 0 fully saturated rings. The minimum Gasteiger partial charge on any atom is -0.326 e. The number of rotatable bonds is 4. The topological polar surface area (TPSA) is 46.2 Å². The Morgan fingerprint density at radius 1 is 1.12 bits per heavy atom. The molecule has 0 aliphatic rings. The normalized spacial score (nSPS) is 9.94. The molecule has 0 bridgehead atoms. The van der Waals surface area contributed by atoms with Crippen LogP contribution in [-0.2, 0) is 9.59 Å². The van der Waals surface area contributed by atoms with Crippen molar-refractivity contribution >= 4 is 49.2 Å². The molecule has 0 atom stereocenters. The van der Waals surface area contributed by atoms with E-state index in [1.54, 1.807) is 12.1 Å². The van der Waals surface area contributed by atoms with Crippen molar-refractivity contribution in [1.29, 1.82) is 0 Å². The first-order valence-electron chi connectivity index (χ1n) is 4.73. The average Bonchev–Trinajstić information content (AvgIpc) is 2.12. The van der Waals surface area contributed by atoms with Crippen LogP contribution in [0.1, 0.15) is 19.8 Å². The maximum Gasteiger partial charge on any atom is 0.224 e. The monoisotopic (exact) mass is 347 g/mol. The van der Waals surface area contributed by atoms with Crippen molar-refractivity contribution in [2.75, 3.05) is 5.32 Å². The van der Waals surface area contributed by atoms with Gasteiger partial charge in [0.15, 0.2) is 0 Å². The Morgan fingerprint density at radius 3 is 2.19 bits per heavy atom. The Morgan fingerprint density at radius 2 is 1.69 bits per heavy atom. The lowest BCUT2D eigenvalue weighted by Crippen LogP contribution is -2.12. The van der Waals surface area contributed by atoms with Crippen LogP contribution in [0.15, 0.2) is 27.1 Å². The van der Waals surface area contributed by atoms with E-state index in [0.29, 0.717) is 5.69 Å². The average molecular weight is 349 g/mol. The molecule has 3 nitrogen and oxygen atoms in total. The number of anilines is 1. The molecule has 0 saturated heterocycles. The number of benzene rings is 1. The highest BCUT2D eigenvalue weighted by atomic mass is 79.9. The number of carbonyl (C=O) groups is 2. The predicted octanol–water partition coefficient (Wildman–Crippen LogP) is 3.52. The van der Waals surface area contributed by atoms with Crippen molar-refractivity contribution in [2.45, 2.75) is 19.8 Å². The molecule has 86 valence electrons. The zero-order valence-corrected chi connectivity index (χ0v) is 11.9. The molecule has 1 rings (SSSR count). The highest BCUT2D eigenvalue weighted by molar-refractivity contribution is 9.11. The van der Waals surface area contributed by atoms with E-state index in [0.717, 1.165) is 8.95 Å². The summed E-state index contributed by atoms with van der Waals surface area (Å²) < 4.78 is 1.76. The van der Waals surface area contributed by atoms with Gasteiger partial charge in [0.25, 0.3) is 0 Å². The fraction of sp³-hybridized carbons (Fsp3) is 0.273. The third-order valence-electron chi connectivity index (χ3n) is 1.85. The van der Waals surface area contributed by atoms with Gasteiger partial charge in [0.2, 0.25) is 5.91 Å². The van der Waals surface area contributed by atoms with Crippen LogP contribution in [0.4, 0.5) is 5.69 Å². The van der Waals surface area contributed by atoms with E-state index in [4.69, 9.17) is 0 Å². The SMILES string of the molecule is CC(=O)CCC(=O)Nc1cc(Br)cc(Br)c1. The number of amides is 1. The van der Waals surface area contributed by atoms with E-state index >= 15 is 0 Å². The molecule has 1 aromatic rings. The summed E-state index contributed by atoms with van der Waals surface area (Å²) in [4.78, 5) is 22.2. The Kier molecular flexibility index (Phi) is 5.15. The Bertz CT molecular complexity index is 398. The van der Waals surface area contributed by atoms with Crippen LogP contribution in [0, 0.1) is 0 Å². The molecular formula is C11H11Br2NO2. The summed E-state index contributed by atoms with van der Waals surface area (Å²) in [7, 11) is 0. The van der Waals surface area contributed by atoms with Gasteiger partial charge in [-0.1, -0.05) is 31.9 Å². The summed E-state index contributed by atoms with van der Waals surface area (Å²) in [6, 6.07) is 5.48. The van der Waals surface area contributed by atoms with Crippen molar-refractivity contribution in [3.8, 4) is 0 Å². The lowest BCUT2D eigenvalue weighted by Gasteiger charge is -2.05. The number of hydrogen-bond donors (Lipinski definition) is 1. The molecule has 0 aliphatic heterocycles. The minimum absolute atomic E-state index is 0.0190. The molecule has 0 radical (unpaired) electrons. The van der Waals surface area contributed by atoms with Gasteiger partial charge in [0, 0.05) is 27.5 Å². The predicted molar refractivity (Wildman–Crippen MR) is 70.4 cm³/mol. The van der Waals surface area contributed by atoms with E-state index in [2.05, 4.69) is 37.2 Å². The zero-order chi connectivity index (χ0) is 12.1. The summed E-state index contributed by atoms with van der Waals surface area (Å²) in [6.07, 6.45) is 0.500. The van der Waals surface area contributed by atoms with Crippen LogP contribution in [0.25, 0.3) is 0 Å². The van der Waals surface area contributed by atoms with E-state index < -0.39 is 0 Å². The molecule has 1 N–H and O–H groups in total. The number of Topliss-reactive ketones (excluding diaryl/α,β-unsaturated/α-hetero) is 1. The van der Waals surface area contributed by atoms with Gasteiger partial charge >= 0.3 is 0 Å². The maximum atomic E-state index is 11.4. The molecule has 1 amide bonds. The van der Waals surface area contributed by atoms with Crippen LogP contribution in [0.3, 0.4) is 0 Å². The second-order valence-corrected chi connectivity index (χ2v) is 5.24. The van der Waals surface area contributed by atoms with Crippen LogP contribution in [0.2, 0.25) is 0 Å². The van der Waals surface area contributed by atoms with Crippen molar-refractivity contribution in [2.24, 2.45) is 0 Å². The number of ketones is 1. The number of halogens is 2. The molecule has 0 aliphatic carbocycles. The summed E-state index contributed by atoms with van der Waals surface area (Å²) in [5.41, 5.74) is 0.704. The molecule has 16 heavy (non-hydrogen) atoms. The van der Waals surface area contributed by atoms with Gasteiger partial charge in [-0.3, -0.25) is 4.79 Å². The number of nitrogens with one attached hydrogen (secondary N) is 1. The van der Waals surface area contributed by atoms with Crippen molar-refractivity contribution in [1.82, 2.24) is 0 Å². The molecule has 5 heteroatoms. The highest BCUT2D eigenvalue weighted by Gasteiger charge is 2.05. The van der Waals surface area contributed by atoms with Gasteiger partial charge in [-0.2, -0.15) is 0 Å². The quantitative estimate of drug-likeness (QED) is 0.904. The first-order chi connectivity index (χ1) is 7.47. The lowest BCUT2D eigenvalue weighted by atomic mass is 10.2. The van der Waals surface area contributed by atoms with Crippen LogP contribution in [-0.4, -0.2) is 11.7 Å². The second kappa shape index (κ2) is 6.15. The van der Waals surface area contributed by atoms with E-state index in [9.17, 15) is 9.59 Å². The molecule has 0 spiro atoms. The molecule has 0 unspecified atom stereocenters. The summed E-state index contributed by atoms with van der Waals surface area (Å²) >= 11 is 6.66. The van der Waals surface area contributed by atoms with Gasteiger partial charge in [0.1, 0.15) is 5.78 Å². The minimum atomic E-state index is -0.153. The highest BCUT2D eigenvalue weighted by Crippen LogP contribution is 2.23. The molecule has 0 aromatic heterocycles. The largest absolute Gasteiger partial charge is 0.326 e.